The van der Waals surface area contributed by atoms with Crippen LogP contribution in [0.15, 0.2) is 24.3 Å². The fourth-order valence-electron chi connectivity index (χ4n) is 2.04. The maximum atomic E-state index is 12.3. The van der Waals surface area contributed by atoms with E-state index in [2.05, 4.69) is 6.92 Å². The Hall–Kier alpha value is -1.55. The SMILES string of the molecule is CCCCCOC(Cc1cccc(O)c1)C(=O)OC(C)CC. The van der Waals surface area contributed by atoms with Gasteiger partial charge in [-0.3, -0.25) is 0 Å². The molecule has 0 aliphatic rings. The van der Waals surface area contributed by atoms with Crippen molar-refractivity contribution in [3.8, 4) is 5.75 Å². The zero-order chi connectivity index (χ0) is 16.4. The second-order valence-electron chi connectivity index (χ2n) is 5.60. The van der Waals surface area contributed by atoms with Crippen molar-refractivity contribution < 1.29 is 19.4 Å². The molecule has 1 aromatic rings. The molecule has 1 N–H and O–H groups in total. The molecule has 1 rings (SSSR count). The van der Waals surface area contributed by atoms with Crippen LogP contribution in [0.4, 0.5) is 0 Å². The molecule has 0 saturated heterocycles. The monoisotopic (exact) mass is 308 g/mol. The van der Waals surface area contributed by atoms with E-state index in [1.165, 1.54) is 0 Å². The van der Waals surface area contributed by atoms with Gasteiger partial charge < -0.3 is 14.6 Å². The van der Waals surface area contributed by atoms with Crippen LogP contribution in [-0.4, -0.2) is 29.9 Å². The molecule has 0 aliphatic heterocycles. The van der Waals surface area contributed by atoms with Crippen LogP contribution in [0.25, 0.3) is 0 Å². The zero-order valence-corrected chi connectivity index (χ0v) is 13.9. The molecule has 4 heteroatoms. The number of unbranched alkanes of at least 4 members (excludes halogenated alkanes) is 2. The first-order chi connectivity index (χ1) is 10.6. The minimum absolute atomic E-state index is 0.113. The fourth-order valence-corrected chi connectivity index (χ4v) is 2.04. The third-order valence-electron chi connectivity index (χ3n) is 3.55. The number of esters is 1. The van der Waals surface area contributed by atoms with E-state index in [1.54, 1.807) is 18.2 Å². The number of carbonyl (C=O) groups excluding carboxylic acids is 1. The van der Waals surface area contributed by atoms with Crippen LogP contribution in [0, 0.1) is 0 Å². The van der Waals surface area contributed by atoms with E-state index in [1.807, 2.05) is 19.9 Å². The Balaban J connectivity index is 2.65. The van der Waals surface area contributed by atoms with Gasteiger partial charge in [0.15, 0.2) is 6.10 Å². The number of benzene rings is 1. The average Bonchev–Trinajstić information content (AvgIpc) is 2.50. The highest BCUT2D eigenvalue weighted by molar-refractivity contribution is 5.75. The lowest BCUT2D eigenvalue weighted by Crippen LogP contribution is -2.31. The summed E-state index contributed by atoms with van der Waals surface area (Å²) in [4.78, 5) is 12.3. The third kappa shape index (κ3) is 6.94. The Bertz CT molecular complexity index is 444. The summed E-state index contributed by atoms with van der Waals surface area (Å²) in [5.74, 6) is -0.133. The summed E-state index contributed by atoms with van der Waals surface area (Å²) < 4.78 is 11.1. The van der Waals surface area contributed by atoms with Crippen molar-refractivity contribution in [1.82, 2.24) is 0 Å². The molecule has 124 valence electrons. The average molecular weight is 308 g/mol. The normalized spacial score (nSPS) is 13.6. The van der Waals surface area contributed by atoms with Gasteiger partial charge in [0.2, 0.25) is 0 Å². The van der Waals surface area contributed by atoms with E-state index in [-0.39, 0.29) is 17.8 Å². The maximum absolute atomic E-state index is 12.3. The quantitative estimate of drug-likeness (QED) is 0.527. The van der Waals surface area contributed by atoms with E-state index >= 15 is 0 Å². The van der Waals surface area contributed by atoms with Crippen LogP contribution in [0.2, 0.25) is 0 Å². The first-order valence-corrected chi connectivity index (χ1v) is 8.16. The number of phenolic OH excluding ortho intramolecular Hbond substituents is 1. The van der Waals surface area contributed by atoms with Crippen molar-refractivity contribution in [2.75, 3.05) is 6.61 Å². The molecule has 0 amide bonds. The molecule has 0 fully saturated rings. The number of ether oxygens (including phenoxy) is 2. The van der Waals surface area contributed by atoms with Gasteiger partial charge in [-0.15, -0.1) is 0 Å². The molecule has 0 spiro atoms. The van der Waals surface area contributed by atoms with E-state index in [9.17, 15) is 9.90 Å². The summed E-state index contributed by atoms with van der Waals surface area (Å²) in [5, 5.41) is 9.54. The minimum atomic E-state index is -0.618. The molecular formula is C18H28O4. The van der Waals surface area contributed by atoms with Gasteiger partial charge in [-0.25, -0.2) is 4.79 Å². The third-order valence-corrected chi connectivity index (χ3v) is 3.55. The van der Waals surface area contributed by atoms with Crippen molar-refractivity contribution >= 4 is 5.97 Å². The van der Waals surface area contributed by atoms with Gasteiger partial charge in [0.1, 0.15) is 5.75 Å². The molecule has 0 aliphatic carbocycles. The fraction of sp³-hybridized carbons (Fsp3) is 0.611. The molecular weight excluding hydrogens is 280 g/mol. The second kappa shape index (κ2) is 10.2. The van der Waals surface area contributed by atoms with Gasteiger partial charge in [-0.05, 0) is 37.5 Å². The van der Waals surface area contributed by atoms with Gasteiger partial charge >= 0.3 is 5.97 Å². The highest BCUT2D eigenvalue weighted by Gasteiger charge is 2.23. The van der Waals surface area contributed by atoms with Gasteiger partial charge in [0.25, 0.3) is 0 Å². The highest BCUT2D eigenvalue weighted by atomic mass is 16.6. The first kappa shape index (κ1) is 18.5. The summed E-state index contributed by atoms with van der Waals surface area (Å²) in [5.41, 5.74) is 0.863. The van der Waals surface area contributed by atoms with Crippen LogP contribution in [-0.2, 0) is 20.7 Å². The van der Waals surface area contributed by atoms with Crippen molar-refractivity contribution in [1.29, 1.82) is 0 Å². The standard InChI is InChI=1S/C18H28O4/c1-4-6-7-11-21-17(18(20)22-14(3)5-2)13-15-9-8-10-16(19)12-15/h8-10,12,14,17,19H,4-7,11,13H2,1-3H3. The summed E-state index contributed by atoms with van der Waals surface area (Å²) in [7, 11) is 0. The lowest BCUT2D eigenvalue weighted by molar-refractivity contribution is -0.162. The summed E-state index contributed by atoms with van der Waals surface area (Å²) >= 11 is 0. The van der Waals surface area contributed by atoms with Crippen LogP contribution in [0.5, 0.6) is 5.75 Å². The zero-order valence-electron chi connectivity index (χ0n) is 13.9. The van der Waals surface area contributed by atoms with E-state index in [0.717, 1.165) is 31.2 Å². The Morgan fingerprint density at radius 2 is 2.05 bits per heavy atom. The molecule has 0 radical (unpaired) electrons. The number of carbonyl (C=O) groups is 1. The number of hydrogen-bond donors (Lipinski definition) is 1. The Labute approximate surface area is 133 Å². The van der Waals surface area contributed by atoms with Crippen molar-refractivity contribution in [3.05, 3.63) is 29.8 Å². The number of rotatable bonds is 10. The maximum Gasteiger partial charge on any atom is 0.335 e. The van der Waals surface area contributed by atoms with Gasteiger partial charge in [-0.1, -0.05) is 38.8 Å². The Morgan fingerprint density at radius 1 is 1.27 bits per heavy atom. The lowest BCUT2D eigenvalue weighted by Gasteiger charge is -2.19. The van der Waals surface area contributed by atoms with Gasteiger partial charge in [-0.2, -0.15) is 0 Å². The topological polar surface area (TPSA) is 55.8 Å². The minimum Gasteiger partial charge on any atom is -0.508 e. The van der Waals surface area contributed by atoms with Crippen molar-refractivity contribution in [2.45, 2.75) is 65.1 Å². The van der Waals surface area contributed by atoms with Crippen LogP contribution < -0.4 is 0 Å². The molecule has 4 nitrogen and oxygen atoms in total. The summed E-state index contributed by atoms with van der Waals surface area (Å²) in [6.45, 7) is 6.53. The van der Waals surface area contributed by atoms with Crippen molar-refractivity contribution in [2.24, 2.45) is 0 Å². The van der Waals surface area contributed by atoms with Crippen LogP contribution in [0.3, 0.4) is 0 Å². The molecule has 2 atom stereocenters. The van der Waals surface area contributed by atoms with Gasteiger partial charge in [0, 0.05) is 13.0 Å². The van der Waals surface area contributed by atoms with Crippen LogP contribution >= 0.6 is 0 Å². The molecule has 0 aromatic heterocycles. The molecule has 22 heavy (non-hydrogen) atoms. The molecule has 1 aromatic carbocycles. The summed E-state index contributed by atoms with van der Waals surface area (Å²) in [6, 6.07) is 6.90. The second-order valence-corrected chi connectivity index (χ2v) is 5.60. The largest absolute Gasteiger partial charge is 0.508 e. The lowest BCUT2D eigenvalue weighted by atomic mass is 10.1. The van der Waals surface area contributed by atoms with Gasteiger partial charge in [0.05, 0.1) is 6.10 Å². The van der Waals surface area contributed by atoms with E-state index in [4.69, 9.17) is 9.47 Å². The Kier molecular flexibility index (Phi) is 8.60. The molecule has 0 bridgehead atoms. The highest BCUT2D eigenvalue weighted by Crippen LogP contribution is 2.15. The predicted octanol–water partition coefficient (Wildman–Crippen LogP) is 3.85. The van der Waals surface area contributed by atoms with Crippen molar-refractivity contribution in [3.63, 3.8) is 0 Å². The van der Waals surface area contributed by atoms with E-state index in [0.29, 0.717) is 13.0 Å². The number of phenols is 1. The molecule has 0 heterocycles. The Morgan fingerprint density at radius 3 is 2.68 bits per heavy atom. The van der Waals surface area contributed by atoms with E-state index < -0.39 is 6.10 Å². The first-order valence-electron chi connectivity index (χ1n) is 8.16. The summed E-state index contributed by atoms with van der Waals surface area (Å²) in [6.07, 6.45) is 3.59. The predicted molar refractivity (Wildman–Crippen MR) is 86.9 cm³/mol. The number of aromatic hydroxyl groups is 1. The molecule has 2 unspecified atom stereocenters. The smallest absolute Gasteiger partial charge is 0.335 e. The number of hydrogen-bond acceptors (Lipinski definition) is 4. The molecule has 0 saturated carbocycles. The van der Waals surface area contributed by atoms with Crippen LogP contribution in [0.1, 0.15) is 52.0 Å².